The topological polar surface area (TPSA) is 48.1 Å². The molecular weight excluding hydrogens is 265 g/mol. The first kappa shape index (κ1) is 12.7. The van der Waals surface area contributed by atoms with Gasteiger partial charge in [-0.25, -0.2) is 0 Å². The summed E-state index contributed by atoms with van der Waals surface area (Å²) in [7, 11) is 0. The third-order valence-electron chi connectivity index (χ3n) is 2.12. The Morgan fingerprint density at radius 3 is 2.67 bits per heavy atom. The molecule has 1 aromatic carbocycles. The first-order chi connectivity index (χ1) is 8.45. The van der Waals surface area contributed by atoms with Crippen molar-refractivity contribution in [1.82, 2.24) is 4.37 Å². The van der Waals surface area contributed by atoms with E-state index in [0.29, 0.717) is 5.82 Å². The summed E-state index contributed by atoms with van der Waals surface area (Å²) in [6, 6.07) is 6.36. The number of rotatable bonds is 3. The summed E-state index contributed by atoms with van der Waals surface area (Å²) >= 11 is 1.16. The molecule has 1 aromatic heterocycles. The zero-order valence-corrected chi connectivity index (χ0v) is 9.89. The molecule has 0 amide bonds. The van der Waals surface area contributed by atoms with Crippen molar-refractivity contribution in [2.45, 2.75) is 12.8 Å². The molecule has 0 spiro atoms. The van der Waals surface area contributed by atoms with E-state index in [9.17, 15) is 13.2 Å². The number of nitrogens with two attached hydrogens (primary N) is 1. The number of nitrogen functional groups attached to an aromatic ring is 1. The van der Waals surface area contributed by atoms with Crippen LogP contribution in [0.2, 0.25) is 0 Å². The van der Waals surface area contributed by atoms with Gasteiger partial charge in [-0.2, -0.15) is 17.5 Å². The van der Waals surface area contributed by atoms with Gasteiger partial charge >= 0.3 is 6.18 Å². The van der Waals surface area contributed by atoms with Crippen LogP contribution in [0.15, 0.2) is 30.3 Å². The highest BCUT2D eigenvalue weighted by Gasteiger charge is 2.30. The molecule has 1 heterocycles. The van der Waals surface area contributed by atoms with Gasteiger partial charge in [-0.15, -0.1) is 0 Å². The Labute approximate surface area is 105 Å². The smallest absolute Gasteiger partial charge is 0.416 e. The van der Waals surface area contributed by atoms with E-state index < -0.39 is 11.7 Å². The fourth-order valence-corrected chi connectivity index (χ4v) is 1.87. The third kappa shape index (κ3) is 3.13. The fraction of sp³-hybridized carbons (Fsp3) is 0.182. The van der Waals surface area contributed by atoms with Gasteiger partial charge in [-0.3, -0.25) is 0 Å². The molecule has 0 unspecified atom stereocenters. The molecule has 3 nitrogen and oxygen atoms in total. The van der Waals surface area contributed by atoms with Crippen LogP contribution < -0.4 is 10.5 Å². The predicted molar refractivity (Wildman–Crippen MR) is 62.3 cm³/mol. The molecule has 7 heteroatoms. The highest BCUT2D eigenvalue weighted by Crippen LogP contribution is 2.31. The van der Waals surface area contributed by atoms with Crippen LogP contribution in [0.3, 0.4) is 0 Å². The molecule has 0 fully saturated rings. The molecule has 2 rings (SSSR count). The van der Waals surface area contributed by atoms with Gasteiger partial charge < -0.3 is 10.5 Å². The summed E-state index contributed by atoms with van der Waals surface area (Å²) in [4.78, 5) is 0.755. The molecule has 0 saturated heterocycles. The van der Waals surface area contributed by atoms with Gasteiger partial charge in [0.1, 0.15) is 18.2 Å². The Balaban J connectivity index is 2.06. The van der Waals surface area contributed by atoms with Crippen LogP contribution in [0.4, 0.5) is 19.0 Å². The van der Waals surface area contributed by atoms with E-state index in [2.05, 4.69) is 4.37 Å². The summed E-state index contributed by atoms with van der Waals surface area (Å²) in [5.74, 6) is 0.541. The maximum atomic E-state index is 12.5. The minimum atomic E-state index is -4.37. The number of anilines is 1. The van der Waals surface area contributed by atoms with Crippen molar-refractivity contribution in [3.8, 4) is 5.75 Å². The molecule has 0 radical (unpaired) electrons. The van der Waals surface area contributed by atoms with Crippen molar-refractivity contribution in [1.29, 1.82) is 0 Å². The summed E-state index contributed by atoms with van der Waals surface area (Å²) in [5.41, 5.74) is 4.69. The van der Waals surface area contributed by atoms with Crippen LogP contribution in [-0.4, -0.2) is 4.37 Å². The molecule has 2 aromatic rings. The SMILES string of the molecule is Nc1cc(COc2cccc(C(F)(F)F)c2)sn1. The third-order valence-corrected chi connectivity index (χ3v) is 2.89. The van der Waals surface area contributed by atoms with Gasteiger partial charge in [0.05, 0.1) is 10.4 Å². The fourth-order valence-electron chi connectivity index (χ4n) is 1.31. The Kier molecular flexibility index (Phi) is 3.42. The highest BCUT2D eigenvalue weighted by atomic mass is 32.1. The van der Waals surface area contributed by atoms with Gasteiger partial charge in [-0.05, 0) is 35.8 Å². The van der Waals surface area contributed by atoms with Crippen molar-refractivity contribution in [2.24, 2.45) is 0 Å². The van der Waals surface area contributed by atoms with E-state index in [-0.39, 0.29) is 12.4 Å². The molecule has 0 aliphatic carbocycles. The Hall–Kier alpha value is -1.76. The van der Waals surface area contributed by atoms with Gasteiger partial charge in [0, 0.05) is 0 Å². The first-order valence-electron chi connectivity index (χ1n) is 4.96. The van der Waals surface area contributed by atoms with Gasteiger partial charge in [0.25, 0.3) is 0 Å². The van der Waals surface area contributed by atoms with E-state index in [1.807, 2.05) is 0 Å². The lowest BCUT2D eigenvalue weighted by Gasteiger charge is -2.09. The summed E-state index contributed by atoms with van der Waals surface area (Å²) in [6.45, 7) is 0.149. The van der Waals surface area contributed by atoms with Gasteiger partial charge in [0.15, 0.2) is 0 Å². The Morgan fingerprint density at radius 2 is 2.06 bits per heavy atom. The maximum Gasteiger partial charge on any atom is 0.416 e. The number of halogens is 3. The van der Waals surface area contributed by atoms with Crippen LogP contribution in [0.25, 0.3) is 0 Å². The van der Waals surface area contributed by atoms with Gasteiger partial charge in [-0.1, -0.05) is 6.07 Å². The molecule has 0 atom stereocenters. The van der Waals surface area contributed by atoms with Crippen LogP contribution >= 0.6 is 11.5 Å². The van der Waals surface area contributed by atoms with Crippen LogP contribution in [-0.2, 0) is 12.8 Å². The quantitative estimate of drug-likeness (QED) is 0.934. The van der Waals surface area contributed by atoms with Crippen LogP contribution in [0, 0.1) is 0 Å². The van der Waals surface area contributed by atoms with E-state index >= 15 is 0 Å². The largest absolute Gasteiger partial charge is 0.488 e. The average Bonchev–Trinajstić information content (AvgIpc) is 2.72. The van der Waals surface area contributed by atoms with Crippen LogP contribution in [0.5, 0.6) is 5.75 Å². The second-order valence-electron chi connectivity index (χ2n) is 3.53. The monoisotopic (exact) mass is 274 g/mol. The molecule has 2 N–H and O–H groups in total. The minimum Gasteiger partial charge on any atom is -0.488 e. The maximum absolute atomic E-state index is 12.5. The number of aromatic nitrogens is 1. The van der Waals surface area contributed by atoms with Crippen molar-refractivity contribution in [2.75, 3.05) is 5.73 Å². The number of benzene rings is 1. The van der Waals surface area contributed by atoms with E-state index in [1.54, 1.807) is 6.07 Å². The van der Waals surface area contributed by atoms with E-state index in [1.165, 1.54) is 12.1 Å². The molecule has 0 bridgehead atoms. The van der Waals surface area contributed by atoms with Crippen molar-refractivity contribution in [3.63, 3.8) is 0 Å². The minimum absolute atomic E-state index is 0.149. The van der Waals surface area contributed by atoms with Crippen molar-refractivity contribution in [3.05, 3.63) is 40.8 Å². The Morgan fingerprint density at radius 1 is 1.28 bits per heavy atom. The standard InChI is InChI=1S/C11H9F3N2OS/c12-11(13,14)7-2-1-3-8(4-7)17-6-9-5-10(15)16-18-9/h1-5H,6H2,(H2,15,16). The van der Waals surface area contributed by atoms with Crippen molar-refractivity contribution < 1.29 is 17.9 Å². The van der Waals surface area contributed by atoms with Gasteiger partial charge in [0.2, 0.25) is 0 Å². The second-order valence-corrected chi connectivity index (χ2v) is 4.42. The zero-order valence-electron chi connectivity index (χ0n) is 9.07. The average molecular weight is 274 g/mol. The highest BCUT2D eigenvalue weighted by molar-refractivity contribution is 7.06. The zero-order chi connectivity index (χ0) is 13.2. The number of ether oxygens (including phenoxy) is 1. The normalized spacial score (nSPS) is 11.5. The first-order valence-corrected chi connectivity index (χ1v) is 5.73. The Bertz CT molecular complexity index is 539. The number of hydrogen-bond acceptors (Lipinski definition) is 4. The molecular formula is C11H9F3N2OS. The number of hydrogen-bond donors (Lipinski definition) is 1. The molecule has 0 aliphatic rings. The predicted octanol–water partition coefficient (Wildman–Crippen LogP) is 3.32. The van der Waals surface area contributed by atoms with E-state index in [0.717, 1.165) is 28.5 Å². The number of nitrogens with zero attached hydrogens (tertiary/aromatic N) is 1. The lowest BCUT2D eigenvalue weighted by Crippen LogP contribution is -2.05. The summed E-state index contributed by atoms with van der Waals surface area (Å²) in [5, 5.41) is 0. The van der Waals surface area contributed by atoms with Crippen LogP contribution in [0.1, 0.15) is 10.4 Å². The molecule has 96 valence electrons. The summed E-state index contributed by atoms with van der Waals surface area (Å²) < 4.78 is 46.5. The van der Waals surface area contributed by atoms with E-state index in [4.69, 9.17) is 10.5 Å². The molecule has 0 aliphatic heterocycles. The second kappa shape index (κ2) is 4.85. The lowest BCUT2D eigenvalue weighted by atomic mass is 10.2. The lowest BCUT2D eigenvalue weighted by molar-refractivity contribution is -0.137. The summed E-state index contributed by atoms with van der Waals surface area (Å²) in [6.07, 6.45) is -4.37. The molecule has 0 saturated carbocycles. The molecule has 18 heavy (non-hydrogen) atoms. The van der Waals surface area contributed by atoms with Crippen molar-refractivity contribution >= 4 is 17.4 Å². The number of alkyl halides is 3.